The summed E-state index contributed by atoms with van der Waals surface area (Å²) in [6.45, 7) is 2.83. The van der Waals surface area contributed by atoms with Crippen molar-refractivity contribution in [1.82, 2.24) is 4.98 Å². The third kappa shape index (κ3) is 4.45. The number of pyridine rings is 1. The summed E-state index contributed by atoms with van der Waals surface area (Å²) in [5.74, 6) is -0.282. The summed E-state index contributed by atoms with van der Waals surface area (Å²) in [6.07, 6.45) is 0. The maximum atomic E-state index is 12.6. The number of fused-ring (bicyclic) bond motifs is 1. The Morgan fingerprint density at radius 2 is 1.89 bits per heavy atom. The smallest absolute Gasteiger partial charge is 0.387 e. The van der Waals surface area contributed by atoms with Crippen LogP contribution in [0.15, 0.2) is 47.5 Å². The zero-order valence-corrected chi connectivity index (χ0v) is 16.1. The summed E-state index contributed by atoms with van der Waals surface area (Å²) in [6, 6.07) is 12.6. The van der Waals surface area contributed by atoms with Crippen LogP contribution in [0.4, 0.5) is 8.78 Å². The molecule has 0 aliphatic heterocycles. The second-order valence-electron chi connectivity index (χ2n) is 6.34. The number of Topliss-reactive ketones (excluding diaryl/α,β-unsaturated/α-hetero) is 1. The zero-order chi connectivity index (χ0) is 19.6. The molecule has 3 rings (SSSR count). The molecule has 0 aliphatic carbocycles. The number of benzene rings is 2. The molecule has 3 nitrogen and oxygen atoms in total. The molecule has 3 aromatic rings. The van der Waals surface area contributed by atoms with E-state index in [-0.39, 0.29) is 22.8 Å². The predicted octanol–water partition coefficient (Wildman–Crippen LogP) is 5.74. The summed E-state index contributed by atoms with van der Waals surface area (Å²) >= 11 is 1.29. The van der Waals surface area contributed by atoms with Gasteiger partial charge in [0.1, 0.15) is 5.75 Å². The van der Waals surface area contributed by atoms with Gasteiger partial charge in [0.15, 0.2) is 5.78 Å². The van der Waals surface area contributed by atoms with Crippen molar-refractivity contribution >= 4 is 28.4 Å². The molecule has 0 saturated carbocycles. The Hall–Kier alpha value is -2.47. The number of hydrogen-bond donors (Lipinski definition) is 0. The lowest BCUT2D eigenvalue weighted by Gasteiger charge is -2.11. The Kier molecular flexibility index (Phi) is 5.75. The van der Waals surface area contributed by atoms with Crippen molar-refractivity contribution in [3.05, 3.63) is 64.7 Å². The maximum absolute atomic E-state index is 12.6. The van der Waals surface area contributed by atoms with E-state index in [0.717, 1.165) is 32.6 Å². The number of nitrogens with zero attached hydrogens (tertiary/aromatic N) is 1. The number of hydrogen-bond acceptors (Lipinski definition) is 4. The Bertz CT molecular complexity index is 1000. The number of carbonyl (C=O) groups is 1. The second kappa shape index (κ2) is 8.05. The van der Waals surface area contributed by atoms with Crippen molar-refractivity contribution in [2.45, 2.75) is 32.4 Å². The van der Waals surface area contributed by atoms with E-state index in [4.69, 9.17) is 0 Å². The van der Waals surface area contributed by atoms with Gasteiger partial charge < -0.3 is 4.74 Å². The third-order valence-corrected chi connectivity index (χ3v) is 5.14. The molecule has 1 heterocycles. The Labute approximate surface area is 160 Å². The molecule has 1 aromatic heterocycles. The molecule has 2 aromatic carbocycles. The monoisotopic (exact) mass is 387 g/mol. The number of thioether (sulfide) groups is 1. The molecule has 0 radical (unpaired) electrons. The Morgan fingerprint density at radius 3 is 2.63 bits per heavy atom. The van der Waals surface area contributed by atoms with Crippen LogP contribution < -0.4 is 4.74 Å². The van der Waals surface area contributed by atoms with Crippen LogP contribution in [0.2, 0.25) is 0 Å². The number of aryl methyl sites for hydroxylation is 3. The molecule has 6 heteroatoms. The number of carbonyl (C=O) groups excluding carboxylic acids is 1. The fourth-order valence-corrected chi connectivity index (χ4v) is 3.73. The second-order valence-corrected chi connectivity index (χ2v) is 7.33. The van der Waals surface area contributed by atoms with Gasteiger partial charge in [-0.1, -0.05) is 41.6 Å². The predicted molar refractivity (Wildman–Crippen MR) is 104 cm³/mol. The molecule has 27 heavy (non-hydrogen) atoms. The number of ether oxygens (including phenoxy) is 1. The van der Waals surface area contributed by atoms with Gasteiger partial charge in [0, 0.05) is 5.39 Å². The first-order valence-corrected chi connectivity index (χ1v) is 9.42. The average Bonchev–Trinajstić information content (AvgIpc) is 2.62. The van der Waals surface area contributed by atoms with Crippen LogP contribution in [-0.2, 0) is 0 Å². The SMILES string of the molecule is Cc1ccc(OC(F)F)c(C(=O)CSc2cc(C)c3cccc(C)c3n2)c1. The van der Waals surface area contributed by atoms with Crippen LogP contribution in [0.25, 0.3) is 10.9 Å². The van der Waals surface area contributed by atoms with E-state index in [1.165, 1.54) is 17.8 Å². The standard InChI is InChI=1S/C21H19F2NO2S/c1-12-7-8-18(26-21(22)23)16(9-12)17(25)11-27-19-10-14(3)15-6-4-5-13(2)20(15)24-19/h4-10,21H,11H2,1-3H3. The van der Waals surface area contributed by atoms with Gasteiger partial charge in [-0.3, -0.25) is 4.79 Å². The normalized spacial score (nSPS) is 11.2. The van der Waals surface area contributed by atoms with Gasteiger partial charge in [0.05, 0.1) is 21.9 Å². The van der Waals surface area contributed by atoms with Crippen LogP contribution in [-0.4, -0.2) is 23.1 Å². The molecule has 0 amide bonds. The molecular formula is C21H19F2NO2S. The van der Waals surface area contributed by atoms with E-state index in [1.54, 1.807) is 19.1 Å². The maximum Gasteiger partial charge on any atom is 0.387 e. The van der Waals surface area contributed by atoms with Crippen molar-refractivity contribution in [1.29, 1.82) is 0 Å². The number of aromatic nitrogens is 1. The fourth-order valence-electron chi connectivity index (χ4n) is 2.88. The molecule has 140 valence electrons. The number of ketones is 1. The van der Waals surface area contributed by atoms with Gasteiger partial charge in [-0.15, -0.1) is 0 Å². The van der Waals surface area contributed by atoms with Crippen LogP contribution in [0.3, 0.4) is 0 Å². The summed E-state index contributed by atoms with van der Waals surface area (Å²) in [4.78, 5) is 17.3. The molecule has 0 saturated heterocycles. The molecule has 0 fully saturated rings. The van der Waals surface area contributed by atoms with E-state index < -0.39 is 6.61 Å². The van der Waals surface area contributed by atoms with Crippen molar-refractivity contribution in [3.8, 4) is 5.75 Å². The van der Waals surface area contributed by atoms with Gasteiger partial charge in [0.2, 0.25) is 0 Å². The van der Waals surface area contributed by atoms with E-state index >= 15 is 0 Å². The van der Waals surface area contributed by atoms with Crippen LogP contribution >= 0.6 is 11.8 Å². The lowest BCUT2D eigenvalue weighted by molar-refractivity contribution is -0.0501. The van der Waals surface area contributed by atoms with Gasteiger partial charge in [-0.25, -0.2) is 4.98 Å². The van der Waals surface area contributed by atoms with E-state index in [0.29, 0.717) is 0 Å². The molecular weight excluding hydrogens is 368 g/mol. The molecule has 0 atom stereocenters. The first-order chi connectivity index (χ1) is 12.8. The Morgan fingerprint density at radius 1 is 1.11 bits per heavy atom. The van der Waals surface area contributed by atoms with Gasteiger partial charge >= 0.3 is 6.61 Å². The quantitative estimate of drug-likeness (QED) is 0.400. The summed E-state index contributed by atoms with van der Waals surface area (Å²) < 4.78 is 29.7. The van der Waals surface area contributed by atoms with Crippen molar-refractivity contribution in [2.75, 3.05) is 5.75 Å². The minimum absolute atomic E-state index is 0.0902. The van der Waals surface area contributed by atoms with Gasteiger partial charge in [-0.2, -0.15) is 8.78 Å². The number of para-hydroxylation sites is 1. The first kappa shape index (κ1) is 19.3. The van der Waals surface area contributed by atoms with Crippen LogP contribution in [0, 0.1) is 20.8 Å². The van der Waals surface area contributed by atoms with Crippen molar-refractivity contribution < 1.29 is 18.3 Å². The number of rotatable bonds is 6. The molecule has 0 aliphatic rings. The van der Waals surface area contributed by atoms with Crippen molar-refractivity contribution in [3.63, 3.8) is 0 Å². The third-order valence-electron chi connectivity index (χ3n) is 4.23. The molecule has 0 bridgehead atoms. The highest BCUT2D eigenvalue weighted by molar-refractivity contribution is 7.99. The van der Waals surface area contributed by atoms with Gasteiger partial charge in [0.25, 0.3) is 0 Å². The molecule has 0 N–H and O–H groups in total. The van der Waals surface area contributed by atoms with Crippen LogP contribution in [0.5, 0.6) is 5.75 Å². The summed E-state index contributed by atoms with van der Waals surface area (Å²) in [7, 11) is 0. The first-order valence-electron chi connectivity index (χ1n) is 8.43. The van der Waals surface area contributed by atoms with Gasteiger partial charge in [-0.05, 0) is 50.1 Å². The molecule has 0 unspecified atom stereocenters. The topological polar surface area (TPSA) is 39.2 Å². The van der Waals surface area contributed by atoms with Crippen LogP contribution in [0.1, 0.15) is 27.0 Å². The molecule has 0 spiro atoms. The fraction of sp³-hybridized carbons (Fsp3) is 0.238. The van der Waals surface area contributed by atoms with E-state index in [2.05, 4.69) is 9.72 Å². The minimum Gasteiger partial charge on any atom is -0.434 e. The number of halogens is 2. The zero-order valence-electron chi connectivity index (χ0n) is 15.3. The minimum atomic E-state index is -2.97. The summed E-state index contributed by atoms with van der Waals surface area (Å²) in [5.41, 5.74) is 4.02. The summed E-state index contributed by atoms with van der Waals surface area (Å²) in [5, 5.41) is 1.81. The number of alkyl halides is 2. The van der Waals surface area contributed by atoms with Crippen molar-refractivity contribution in [2.24, 2.45) is 0 Å². The highest BCUT2D eigenvalue weighted by atomic mass is 32.2. The average molecular weight is 387 g/mol. The lowest BCUT2D eigenvalue weighted by atomic mass is 10.1. The largest absolute Gasteiger partial charge is 0.434 e. The Balaban J connectivity index is 1.83. The highest BCUT2D eigenvalue weighted by Crippen LogP contribution is 2.28. The van der Waals surface area contributed by atoms with E-state index in [9.17, 15) is 13.6 Å². The van der Waals surface area contributed by atoms with E-state index in [1.807, 2.05) is 38.1 Å². The lowest BCUT2D eigenvalue weighted by Crippen LogP contribution is -2.10. The highest BCUT2D eigenvalue weighted by Gasteiger charge is 2.17.